The SMILES string of the molecule is Cc1ccc([Si](c2ccccc2)(c2ccccc2)[Si](c2ccccc2)(c2ccccc2)c2ccc(C)c3ccccc23)c2ccccc12. The molecule has 0 amide bonds. The highest BCUT2D eigenvalue weighted by molar-refractivity contribution is 7.67. The summed E-state index contributed by atoms with van der Waals surface area (Å²) in [6.45, 7) is 4.51. The van der Waals surface area contributed by atoms with E-state index in [2.05, 4.69) is 208 Å². The van der Waals surface area contributed by atoms with Crippen molar-refractivity contribution < 1.29 is 0 Å². The van der Waals surface area contributed by atoms with E-state index in [-0.39, 0.29) is 0 Å². The van der Waals surface area contributed by atoms with Crippen molar-refractivity contribution in [1.29, 1.82) is 0 Å². The Hall–Kier alpha value is -5.29. The molecule has 230 valence electrons. The molecule has 8 aromatic carbocycles. The minimum Gasteiger partial charge on any atom is -0.0624 e. The topological polar surface area (TPSA) is 0 Å². The Labute approximate surface area is 285 Å². The lowest BCUT2D eigenvalue weighted by molar-refractivity contribution is 1.53. The summed E-state index contributed by atoms with van der Waals surface area (Å²) in [6.07, 6.45) is 0. The molecule has 0 N–H and O–H groups in total. The average molecular weight is 647 g/mol. The standard InChI is InChI=1S/C46H38Si2/c1-35-31-33-45(43-29-17-15-27-41(35)43)47(37-19-7-3-8-20-37,38-21-9-4-10-22-38)48(39-23-11-5-12-24-39,40-25-13-6-14-26-40)46-34-32-36(2)42-28-16-18-30-44(42)46/h3-34H,1-2H3. The molecule has 8 aromatic rings. The second-order valence-electron chi connectivity index (χ2n) is 12.9. The van der Waals surface area contributed by atoms with Gasteiger partial charge in [0.1, 0.15) is 0 Å². The molecular weight excluding hydrogens is 609 g/mol. The second-order valence-corrected chi connectivity index (χ2v) is 23.8. The van der Waals surface area contributed by atoms with Gasteiger partial charge in [0, 0.05) is 0 Å². The van der Waals surface area contributed by atoms with E-state index >= 15 is 0 Å². The van der Waals surface area contributed by atoms with Crippen molar-refractivity contribution in [2.45, 2.75) is 13.8 Å². The average Bonchev–Trinajstić information content (AvgIpc) is 3.16. The molecule has 0 radical (unpaired) electrons. The van der Waals surface area contributed by atoms with Gasteiger partial charge in [0.25, 0.3) is 0 Å². The summed E-state index contributed by atoms with van der Waals surface area (Å²) >= 11 is 0. The van der Waals surface area contributed by atoms with Crippen molar-refractivity contribution in [3.8, 4) is 0 Å². The molecule has 0 nitrogen and oxygen atoms in total. The summed E-state index contributed by atoms with van der Waals surface area (Å²) in [5.74, 6) is 0. The van der Waals surface area contributed by atoms with Crippen LogP contribution in [0.1, 0.15) is 11.1 Å². The molecule has 0 atom stereocenters. The van der Waals surface area contributed by atoms with Crippen LogP contribution < -0.4 is 31.1 Å². The molecule has 8 rings (SSSR count). The van der Waals surface area contributed by atoms with Gasteiger partial charge in [0.15, 0.2) is 15.2 Å². The van der Waals surface area contributed by atoms with Crippen molar-refractivity contribution in [1.82, 2.24) is 0 Å². The van der Waals surface area contributed by atoms with Gasteiger partial charge in [-0.2, -0.15) is 0 Å². The number of benzene rings is 8. The number of fused-ring (bicyclic) bond motifs is 2. The summed E-state index contributed by atoms with van der Waals surface area (Å²) in [7, 11) is -6.22. The highest BCUT2D eigenvalue weighted by Crippen LogP contribution is 2.30. The molecule has 0 saturated heterocycles. The van der Waals surface area contributed by atoms with Gasteiger partial charge in [0.2, 0.25) is 0 Å². The third kappa shape index (κ3) is 4.48. The zero-order chi connectivity index (χ0) is 32.6. The van der Waals surface area contributed by atoms with Crippen LogP contribution in [-0.4, -0.2) is 15.2 Å². The van der Waals surface area contributed by atoms with E-state index in [0.29, 0.717) is 0 Å². The fraction of sp³-hybridized carbons (Fsp3) is 0.0435. The molecule has 0 aliphatic rings. The van der Waals surface area contributed by atoms with Gasteiger partial charge < -0.3 is 0 Å². The van der Waals surface area contributed by atoms with Gasteiger partial charge in [-0.3, -0.25) is 0 Å². The van der Waals surface area contributed by atoms with E-state index < -0.39 is 15.2 Å². The lowest BCUT2D eigenvalue weighted by Gasteiger charge is -2.51. The van der Waals surface area contributed by atoms with Crippen LogP contribution in [0.2, 0.25) is 0 Å². The van der Waals surface area contributed by atoms with E-state index in [4.69, 9.17) is 0 Å². The van der Waals surface area contributed by atoms with Gasteiger partial charge in [-0.15, -0.1) is 0 Å². The fourth-order valence-corrected chi connectivity index (χ4v) is 28.6. The largest absolute Gasteiger partial charge is 0.155 e. The van der Waals surface area contributed by atoms with Crippen LogP contribution in [0.5, 0.6) is 0 Å². The monoisotopic (exact) mass is 646 g/mol. The summed E-state index contributed by atoms with van der Waals surface area (Å²) in [4.78, 5) is 0. The molecular formula is C46H38Si2. The Kier molecular flexibility index (Phi) is 7.76. The van der Waals surface area contributed by atoms with E-state index in [0.717, 1.165) is 0 Å². The third-order valence-electron chi connectivity index (χ3n) is 10.5. The maximum atomic E-state index is 2.51. The smallest absolute Gasteiger partial charge is 0.0624 e. The first-order chi connectivity index (χ1) is 23.7. The predicted octanol–water partition coefficient (Wildman–Crippen LogP) is 7.33. The first-order valence-corrected chi connectivity index (χ1v) is 21.9. The van der Waals surface area contributed by atoms with Crippen molar-refractivity contribution >= 4 is 67.8 Å². The number of aryl methyl sites for hydroxylation is 2. The molecule has 0 aliphatic carbocycles. The van der Waals surface area contributed by atoms with E-state index in [9.17, 15) is 0 Å². The first kappa shape index (κ1) is 30.1. The van der Waals surface area contributed by atoms with Crippen molar-refractivity contribution in [3.05, 3.63) is 205 Å². The molecule has 2 heteroatoms. The predicted molar refractivity (Wildman–Crippen MR) is 212 cm³/mol. The molecule has 48 heavy (non-hydrogen) atoms. The quantitative estimate of drug-likeness (QED) is 0.126. The summed E-state index contributed by atoms with van der Waals surface area (Å²) < 4.78 is 0. The van der Waals surface area contributed by atoms with E-state index in [1.54, 1.807) is 0 Å². The molecule has 0 saturated carbocycles. The zero-order valence-electron chi connectivity index (χ0n) is 27.5. The molecule has 0 aromatic heterocycles. The third-order valence-corrected chi connectivity index (χ3v) is 27.3. The highest BCUT2D eigenvalue weighted by Gasteiger charge is 2.62. The minimum absolute atomic E-state index is 1.31. The molecule has 0 spiro atoms. The Morgan fingerprint density at radius 1 is 0.250 bits per heavy atom. The maximum absolute atomic E-state index is 3.11. The van der Waals surface area contributed by atoms with Crippen molar-refractivity contribution in [2.24, 2.45) is 0 Å². The van der Waals surface area contributed by atoms with Gasteiger partial charge in [-0.25, -0.2) is 0 Å². The molecule has 0 heterocycles. The zero-order valence-corrected chi connectivity index (χ0v) is 29.5. The second kappa shape index (κ2) is 12.4. The van der Waals surface area contributed by atoms with Crippen LogP contribution in [0, 0.1) is 13.8 Å². The summed E-state index contributed by atoms with van der Waals surface area (Å²) in [5, 5.41) is 14.1. The van der Waals surface area contributed by atoms with Gasteiger partial charge in [-0.1, -0.05) is 215 Å². The van der Waals surface area contributed by atoms with Crippen LogP contribution in [0.3, 0.4) is 0 Å². The maximum Gasteiger partial charge on any atom is 0.155 e. The number of hydrogen-bond donors (Lipinski definition) is 0. The molecule has 0 fully saturated rings. The van der Waals surface area contributed by atoms with Crippen LogP contribution in [0.25, 0.3) is 21.5 Å². The van der Waals surface area contributed by atoms with E-state index in [1.807, 2.05) is 0 Å². The Balaban J connectivity index is 1.75. The van der Waals surface area contributed by atoms with Crippen LogP contribution >= 0.6 is 0 Å². The minimum atomic E-state index is -3.11. The lowest BCUT2D eigenvalue weighted by atomic mass is 10.1. The Morgan fingerprint density at radius 3 is 0.792 bits per heavy atom. The van der Waals surface area contributed by atoms with Crippen LogP contribution in [-0.2, 0) is 0 Å². The molecule has 0 aliphatic heterocycles. The molecule has 0 unspecified atom stereocenters. The van der Waals surface area contributed by atoms with Crippen molar-refractivity contribution in [2.75, 3.05) is 0 Å². The van der Waals surface area contributed by atoms with Gasteiger partial charge >= 0.3 is 0 Å². The van der Waals surface area contributed by atoms with Crippen LogP contribution in [0.15, 0.2) is 194 Å². The Bertz CT molecular complexity index is 2100. The van der Waals surface area contributed by atoms with Crippen molar-refractivity contribution in [3.63, 3.8) is 0 Å². The normalized spacial score (nSPS) is 12.0. The summed E-state index contributed by atoms with van der Waals surface area (Å²) in [6, 6.07) is 74.4. The molecule has 0 bridgehead atoms. The van der Waals surface area contributed by atoms with Crippen LogP contribution in [0.4, 0.5) is 0 Å². The number of rotatable bonds is 7. The summed E-state index contributed by atoms with van der Waals surface area (Å²) in [5.41, 5.74) is 2.62. The number of hydrogen-bond acceptors (Lipinski definition) is 0. The van der Waals surface area contributed by atoms with Gasteiger partial charge in [-0.05, 0) is 56.9 Å². The fourth-order valence-electron chi connectivity index (χ4n) is 8.53. The van der Waals surface area contributed by atoms with E-state index in [1.165, 1.54) is 63.8 Å². The Morgan fingerprint density at radius 2 is 0.500 bits per heavy atom. The highest BCUT2D eigenvalue weighted by atomic mass is 29.3. The first-order valence-electron chi connectivity index (χ1n) is 16.9. The van der Waals surface area contributed by atoms with Gasteiger partial charge in [0.05, 0.1) is 0 Å². The lowest BCUT2D eigenvalue weighted by Crippen LogP contribution is -2.94.